The minimum Gasteiger partial charge on any atom is -0.481 e. The number of likely N-dealkylation sites (N-methyl/N-ethyl adjacent to an activating group) is 1. The van der Waals surface area contributed by atoms with E-state index in [0.717, 1.165) is 4.68 Å². The van der Waals surface area contributed by atoms with Crippen LogP contribution in [0.4, 0.5) is 5.82 Å². The Morgan fingerprint density at radius 3 is 2.70 bits per heavy atom. The van der Waals surface area contributed by atoms with Crippen molar-refractivity contribution in [3.05, 3.63) is 22.4 Å². The highest BCUT2D eigenvalue weighted by Crippen LogP contribution is 2.08. The number of carboxylic acids is 1. The smallest absolute Gasteiger partial charge is 0.389 e. The fourth-order valence-electron chi connectivity index (χ4n) is 1.86. The van der Waals surface area contributed by atoms with E-state index in [0.29, 0.717) is 6.54 Å². The van der Waals surface area contributed by atoms with Gasteiger partial charge in [0.05, 0.1) is 23.8 Å². The lowest BCUT2D eigenvalue weighted by Gasteiger charge is -2.26. The molecule has 0 aliphatic carbocycles. The van der Waals surface area contributed by atoms with Crippen molar-refractivity contribution >= 4 is 17.7 Å². The number of nitro groups is 1. The van der Waals surface area contributed by atoms with Gasteiger partial charge in [-0.15, -0.1) is 0 Å². The molecule has 0 bridgehead atoms. The van der Waals surface area contributed by atoms with Gasteiger partial charge in [-0.3, -0.25) is 9.59 Å². The summed E-state index contributed by atoms with van der Waals surface area (Å²) >= 11 is 0. The summed E-state index contributed by atoms with van der Waals surface area (Å²) in [6.07, 6.45) is 1.19. The third kappa shape index (κ3) is 4.04. The molecule has 0 aliphatic heterocycles. The van der Waals surface area contributed by atoms with Gasteiger partial charge in [-0.05, 0) is 18.8 Å². The SMILES string of the molecule is CCN(C(=O)Cn1ccc([N+](=O)[O-])n1)C(C)CC(=O)O. The molecule has 1 aromatic rings. The van der Waals surface area contributed by atoms with Gasteiger partial charge >= 0.3 is 11.8 Å². The van der Waals surface area contributed by atoms with Gasteiger partial charge in [0.15, 0.2) is 0 Å². The Hall–Kier alpha value is -2.45. The molecule has 9 heteroatoms. The summed E-state index contributed by atoms with van der Waals surface area (Å²) in [6.45, 7) is 3.57. The van der Waals surface area contributed by atoms with Crippen molar-refractivity contribution in [2.45, 2.75) is 32.9 Å². The Morgan fingerprint density at radius 1 is 1.60 bits per heavy atom. The van der Waals surface area contributed by atoms with Crippen LogP contribution in [0.3, 0.4) is 0 Å². The Labute approximate surface area is 114 Å². The van der Waals surface area contributed by atoms with Crippen molar-refractivity contribution in [1.82, 2.24) is 14.7 Å². The second kappa shape index (κ2) is 6.64. The first-order valence-corrected chi connectivity index (χ1v) is 6.04. The Kier molecular flexibility index (Phi) is 5.18. The van der Waals surface area contributed by atoms with E-state index < -0.39 is 16.9 Å². The van der Waals surface area contributed by atoms with Gasteiger partial charge in [0.1, 0.15) is 6.54 Å². The molecular formula is C11H16N4O5. The summed E-state index contributed by atoms with van der Waals surface area (Å²) in [5, 5.41) is 22.9. The van der Waals surface area contributed by atoms with Gasteiger partial charge in [-0.25, -0.2) is 0 Å². The number of nitrogens with zero attached hydrogens (tertiary/aromatic N) is 4. The molecule has 0 fully saturated rings. The second-order valence-corrected chi connectivity index (χ2v) is 4.26. The van der Waals surface area contributed by atoms with Crippen LogP contribution in [0.2, 0.25) is 0 Å². The number of hydrogen-bond acceptors (Lipinski definition) is 5. The van der Waals surface area contributed by atoms with E-state index in [4.69, 9.17) is 5.11 Å². The van der Waals surface area contributed by atoms with E-state index in [9.17, 15) is 19.7 Å². The van der Waals surface area contributed by atoms with Crippen LogP contribution in [-0.2, 0) is 16.1 Å². The van der Waals surface area contributed by atoms with Crippen molar-refractivity contribution in [1.29, 1.82) is 0 Å². The van der Waals surface area contributed by atoms with Gasteiger partial charge in [-0.1, -0.05) is 0 Å². The predicted octanol–water partition coefficient (Wildman–Crippen LogP) is 0.503. The first-order valence-electron chi connectivity index (χ1n) is 6.04. The largest absolute Gasteiger partial charge is 0.481 e. The molecule has 1 aromatic heterocycles. The predicted molar refractivity (Wildman–Crippen MR) is 68.0 cm³/mol. The molecule has 0 aromatic carbocycles. The van der Waals surface area contributed by atoms with E-state index in [1.807, 2.05) is 0 Å². The summed E-state index contributed by atoms with van der Waals surface area (Å²) in [5.41, 5.74) is 0. The number of carbonyl (C=O) groups excluding carboxylic acids is 1. The second-order valence-electron chi connectivity index (χ2n) is 4.26. The molecule has 1 N–H and O–H groups in total. The van der Waals surface area contributed by atoms with Crippen LogP contribution < -0.4 is 0 Å². The highest BCUT2D eigenvalue weighted by molar-refractivity contribution is 5.77. The van der Waals surface area contributed by atoms with Crippen molar-refractivity contribution in [3.8, 4) is 0 Å². The number of carboxylic acid groups (broad SMARTS) is 1. The fourth-order valence-corrected chi connectivity index (χ4v) is 1.86. The minimum absolute atomic E-state index is 0.154. The van der Waals surface area contributed by atoms with E-state index in [1.165, 1.54) is 17.2 Å². The molecule has 1 rings (SSSR count). The lowest BCUT2D eigenvalue weighted by Crippen LogP contribution is -2.41. The summed E-state index contributed by atoms with van der Waals surface area (Å²) in [4.78, 5) is 34.0. The zero-order valence-corrected chi connectivity index (χ0v) is 11.2. The summed E-state index contributed by atoms with van der Waals surface area (Å²) in [7, 11) is 0. The molecule has 20 heavy (non-hydrogen) atoms. The van der Waals surface area contributed by atoms with Crippen LogP contribution in [-0.4, -0.2) is 49.2 Å². The van der Waals surface area contributed by atoms with E-state index >= 15 is 0 Å². The number of hydrogen-bond donors (Lipinski definition) is 1. The third-order valence-corrected chi connectivity index (χ3v) is 2.77. The molecule has 1 heterocycles. The molecule has 9 nitrogen and oxygen atoms in total. The Balaban J connectivity index is 2.71. The lowest BCUT2D eigenvalue weighted by molar-refractivity contribution is -0.389. The van der Waals surface area contributed by atoms with E-state index in [-0.39, 0.29) is 24.7 Å². The van der Waals surface area contributed by atoms with Crippen LogP contribution >= 0.6 is 0 Å². The van der Waals surface area contributed by atoms with Crippen molar-refractivity contribution in [2.75, 3.05) is 6.54 Å². The monoisotopic (exact) mass is 284 g/mol. The van der Waals surface area contributed by atoms with Crippen LogP contribution in [0.25, 0.3) is 0 Å². The molecule has 0 spiro atoms. The van der Waals surface area contributed by atoms with Crippen LogP contribution in [0.5, 0.6) is 0 Å². The summed E-state index contributed by atoms with van der Waals surface area (Å²) in [5.74, 6) is -1.66. The molecule has 1 atom stereocenters. The van der Waals surface area contributed by atoms with Crippen LogP contribution in [0.1, 0.15) is 20.3 Å². The zero-order valence-electron chi connectivity index (χ0n) is 11.2. The number of aromatic nitrogens is 2. The first kappa shape index (κ1) is 15.6. The Morgan fingerprint density at radius 2 is 2.25 bits per heavy atom. The first-order chi connectivity index (χ1) is 9.35. The molecule has 1 amide bonds. The van der Waals surface area contributed by atoms with Crippen molar-refractivity contribution in [3.63, 3.8) is 0 Å². The molecule has 0 radical (unpaired) electrons. The summed E-state index contributed by atoms with van der Waals surface area (Å²) in [6, 6.07) is 0.750. The Bertz CT molecular complexity index is 513. The number of amides is 1. The molecule has 1 unspecified atom stereocenters. The number of rotatable bonds is 7. The minimum atomic E-state index is -0.988. The van der Waals surface area contributed by atoms with Crippen LogP contribution in [0.15, 0.2) is 12.3 Å². The average molecular weight is 284 g/mol. The lowest BCUT2D eigenvalue weighted by atomic mass is 10.2. The maximum absolute atomic E-state index is 12.0. The van der Waals surface area contributed by atoms with Gasteiger partial charge < -0.3 is 20.1 Å². The maximum Gasteiger partial charge on any atom is 0.389 e. The van der Waals surface area contributed by atoms with Crippen LogP contribution in [0, 0.1) is 10.1 Å². The molecule has 0 aliphatic rings. The van der Waals surface area contributed by atoms with Gasteiger partial charge in [0, 0.05) is 12.6 Å². The molecule has 110 valence electrons. The number of carbonyl (C=O) groups is 2. The molecular weight excluding hydrogens is 268 g/mol. The quantitative estimate of drug-likeness (QED) is 0.575. The highest BCUT2D eigenvalue weighted by Gasteiger charge is 2.22. The van der Waals surface area contributed by atoms with Gasteiger partial charge in [-0.2, -0.15) is 4.68 Å². The highest BCUT2D eigenvalue weighted by atomic mass is 16.6. The van der Waals surface area contributed by atoms with Gasteiger partial charge in [0.2, 0.25) is 5.91 Å². The van der Waals surface area contributed by atoms with E-state index in [1.54, 1.807) is 13.8 Å². The molecule has 0 saturated heterocycles. The van der Waals surface area contributed by atoms with Crippen molar-refractivity contribution < 1.29 is 19.6 Å². The standard InChI is InChI=1S/C11H16N4O5/c1-3-14(8(2)6-11(17)18)10(16)7-13-5-4-9(12-13)15(19)20/h4-5,8H,3,6-7H2,1-2H3,(H,17,18). The summed E-state index contributed by atoms with van der Waals surface area (Å²) < 4.78 is 1.16. The zero-order chi connectivity index (χ0) is 15.3. The van der Waals surface area contributed by atoms with Crippen molar-refractivity contribution in [2.24, 2.45) is 0 Å². The third-order valence-electron chi connectivity index (χ3n) is 2.77. The topological polar surface area (TPSA) is 119 Å². The average Bonchev–Trinajstić information content (AvgIpc) is 2.77. The number of aliphatic carboxylic acids is 1. The maximum atomic E-state index is 12.0. The van der Waals surface area contributed by atoms with Gasteiger partial charge in [0.25, 0.3) is 0 Å². The van der Waals surface area contributed by atoms with E-state index in [2.05, 4.69) is 5.10 Å². The normalized spacial score (nSPS) is 11.9. The fraction of sp³-hybridized carbons (Fsp3) is 0.545. The molecule has 0 saturated carbocycles.